The van der Waals surface area contributed by atoms with E-state index in [2.05, 4.69) is 110 Å². The van der Waals surface area contributed by atoms with Crippen LogP contribution in [0.15, 0.2) is 98.0 Å². The zero-order chi connectivity index (χ0) is 43.7. The monoisotopic (exact) mass is 872 g/mol. The molecule has 1 fully saturated rings. The number of sulfone groups is 1. The second kappa shape index (κ2) is 15.8. The molecule has 3 aliphatic rings. The first-order chi connectivity index (χ1) is 27.2. The molecule has 0 aliphatic carbocycles. The van der Waals surface area contributed by atoms with Gasteiger partial charge in [-0.2, -0.15) is 0 Å². The molecular weight excluding hydrogens is 809 g/mol. The van der Waals surface area contributed by atoms with Gasteiger partial charge in [0.15, 0.2) is 0 Å². The van der Waals surface area contributed by atoms with Gasteiger partial charge in [0.05, 0.1) is 9.79 Å². The number of fused-ring (bicyclic) bond motifs is 4. The fourth-order valence-corrected chi connectivity index (χ4v) is 12.1. The Kier molecular flexibility index (Phi) is 12.0. The molecule has 318 valence electrons. The van der Waals surface area contributed by atoms with Crippen molar-refractivity contribution in [3.63, 3.8) is 0 Å². The molecular formula is C48H64O7S2Si2. The highest BCUT2D eigenvalue weighted by Gasteiger charge is 2.67. The molecule has 1 saturated heterocycles. The van der Waals surface area contributed by atoms with E-state index >= 15 is 0 Å². The van der Waals surface area contributed by atoms with E-state index in [1.165, 1.54) is 20.9 Å². The molecule has 3 heterocycles. The van der Waals surface area contributed by atoms with Crippen molar-refractivity contribution >= 4 is 45.8 Å². The summed E-state index contributed by atoms with van der Waals surface area (Å²) < 4.78 is 58.4. The van der Waals surface area contributed by atoms with Crippen molar-refractivity contribution in [3.8, 4) is 23.0 Å². The average Bonchev–Trinajstić information content (AvgIpc) is 3.81. The highest BCUT2D eigenvalue weighted by molar-refractivity contribution is 7.99. The Labute approximate surface area is 361 Å². The molecule has 11 heteroatoms. The van der Waals surface area contributed by atoms with Crippen molar-refractivity contribution in [2.75, 3.05) is 0 Å². The van der Waals surface area contributed by atoms with E-state index in [-0.39, 0.29) is 22.0 Å². The lowest BCUT2D eigenvalue weighted by molar-refractivity contribution is 0.0241. The largest absolute Gasteiger partial charge is 0.547 e. The van der Waals surface area contributed by atoms with Gasteiger partial charge in [-0.15, -0.1) is 0 Å². The molecule has 0 bridgehead atoms. The summed E-state index contributed by atoms with van der Waals surface area (Å²) in [4.78, 5) is 3.02. The summed E-state index contributed by atoms with van der Waals surface area (Å²) in [7, 11) is -6.36. The Balaban J connectivity index is 0.000000199. The van der Waals surface area contributed by atoms with E-state index in [1.54, 1.807) is 42.1 Å². The molecule has 0 spiro atoms. The highest BCUT2D eigenvalue weighted by Crippen LogP contribution is 2.62. The van der Waals surface area contributed by atoms with Crippen LogP contribution in [0.4, 0.5) is 0 Å². The predicted molar refractivity (Wildman–Crippen MR) is 247 cm³/mol. The molecule has 0 radical (unpaired) electrons. The maximum absolute atomic E-state index is 13.8. The lowest BCUT2D eigenvalue weighted by Gasteiger charge is -2.35. The number of benzene rings is 4. The topological polar surface area (TPSA) is 83.6 Å². The van der Waals surface area contributed by atoms with Gasteiger partial charge in [-0.1, -0.05) is 65.4 Å². The van der Waals surface area contributed by atoms with Gasteiger partial charge in [-0.3, -0.25) is 0 Å². The van der Waals surface area contributed by atoms with Crippen LogP contribution in [0.25, 0.3) is 6.08 Å². The summed E-state index contributed by atoms with van der Waals surface area (Å²) in [5, 5.41) is 0. The minimum Gasteiger partial charge on any atom is -0.547 e. The average molecular weight is 873 g/mol. The second-order valence-electron chi connectivity index (χ2n) is 19.8. The minimum atomic E-state index is -3.77. The van der Waals surface area contributed by atoms with Gasteiger partial charge in [-0.25, -0.2) is 8.42 Å². The van der Waals surface area contributed by atoms with Crippen LogP contribution < -0.4 is 18.3 Å². The molecule has 3 aliphatic heterocycles. The molecule has 0 N–H and O–H groups in total. The second-order valence-corrected chi connectivity index (χ2v) is 27.5. The smallest absolute Gasteiger partial charge is 0.229 e. The van der Waals surface area contributed by atoms with Gasteiger partial charge in [-0.05, 0) is 151 Å². The van der Waals surface area contributed by atoms with Crippen LogP contribution in [0.1, 0.15) is 111 Å². The molecule has 2 atom stereocenters. The SMILES string of the molecule is CC1=Cc2cc(Sc3cccc(O[SiH](C)C)c3C(C)(C)C)ccc2OC1(C)C.C[SiH](C)Oc1cccc(S(=O)(=O)c2ccc3c(c2)[C@@H]2O[C@]2(C)C(C)(C)O3)c1C(C)(C)C. The van der Waals surface area contributed by atoms with Crippen molar-refractivity contribution in [2.24, 2.45) is 0 Å². The van der Waals surface area contributed by atoms with Crippen LogP contribution in [0, 0.1) is 0 Å². The van der Waals surface area contributed by atoms with Crippen LogP contribution in [0.5, 0.6) is 23.0 Å². The van der Waals surface area contributed by atoms with E-state index in [1.807, 2.05) is 47.6 Å². The van der Waals surface area contributed by atoms with E-state index < -0.39 is 44.5 Å². The Morgan fingerprint density at radius 1 is 0.712 bits per heavy atom. The predicted octanol–water partition coefficient (Wildman–Crippen LogP) is 12.3. The third kappa shape index (κ3) is 9.10. The summed E-state index contributed by atoms with van der Waals surface area (Å²) >= 11 is 1.81. The molecule has 0 saturated carbocycles. The summed E-state index contributed by atoms with van der Waals surface area (Å²) in [6.07, 6.45) is 2.09. The van der Waals surface area contributed by atoms with Gasteiger partial charge >= 0.3 is 0 Å². The van der Waals surface area contributed by atoms with Crippen molar-refractivity contribution in [1.82, 2.24) is 0 Å². The summed E-state index contributed by atoms with van der Waals surface area (Å²) in [6.45, 7) is 33.8. The Bertz CT molecular complexity index is 2390. The van der Waals surface area contributed by atoms with Crippen molar-refractivity contribution < 1.29 is 31.5 Å². The molecule has 59 heavy (non-hydrogen) atoms. The number of hydrogen-bond acceptors (Lipinski definition) is 8. The zero-order valence-corrected chi connectivity index (χ0v) is 41.9. The number of hydrogen-bond donors (Lipinski definition) is 0. The third-order valence-corrected chi connectivity index (χ3v) is 15.6. The van der Waals surface area contributed by atoms with Gasteiger partial charge in [0, 0.05) is 32.0 Å². The first kappa shape index (κ1) is 45.1. The van der Waals surface area contributed by atoms with Crippen LogP contribution in [-0.2, 0) is 25.4 Å². The lowest BCUT2D eigenvalue weighted by Crippen LogP contribution is -2.45. The summed E-state index contributed by atoms with van der Waals surface area (Å²) in [6, 6.07) is 23.3. The summed E-state index contributed by atoms with van der Waals surface area (Å²) in [5.74, 6) is 3.34. The molecule has 4 aromatic carbocycles. The highest BCUT2D eigenvalue weighted by atomic mass is 32.2. The molecule has 0 amide bonds. The molecule has 0 aromatic heterocycles. The van der Waals surface area contributed by atoms with Crippen LogP contribution in [0.3, 0.4) is 0 Å². The van der Waals surface area contributed by atoms with E-state index in [4.69, 9.17) is 23.1 Å². The maximum atomic E-state index is 13.8. The third-order valence-electron chi connectivity index (χ3n) is 11.3. The molecule has 4 aromatic rings. The minimum absolute atomic E-state index is 0.0139. The normalized spacial score (nSPS) is 20.2. The molecule has 0 unspecified atom stereocenters. The Hall–Kier alpha value is -3.49. The fourth-order valence-electron chi connectivity index (χ4n) is 7.72. The standard InChI is InChI=1S/C24H32O5SSi.C24H32O2SSi/c1-22(2,3)20-18(29-31(7)8)10-9-11-19(20)30(25,26)15-12-13-17-16(14-15)21-24(6,28-21)23(4,5)27-17;1-16-14-17-15-18(12-13-19(17)25-24(16,5)6)27-21-11-9-10-20(26-28(7)8)22(21)23(2,3)4/h9-14,21,31H,1-8H3;9-15,28H,1-8H3/t21-,24-;/m0./s1. The number of rotatable bonds is 8. The van der Waals surface area contributed by atoms with E-state index in [9.17, 15) is 8.42 Å². The van der Waals surface area contributed by atoms with Gasteiger partial charge in [0.1, 0.15) is 45.9 Å². The molecule has 7 rings (SSSR count). The zero-order valence-electron chi connectivity index (χ0n) is 37.9. The van der Waals surface area contributed by atoms with E-state index in [0.29, 0.717) is 16.4 Å². The van der Waals surface area contributed by atoms with Crippen LogP contribution in [0.2, 0.25) is 26.2 Å². The maximum Gasteiger partial charge on any atom is 0.229 e. The Morgan fingerprint density at radius 3 is 1.88 bits per heavy atom. The van der Waals surface area contributed by atoms with E-state index in [0.717, 1.165) is 28.2 Å². The lowest BCUT2D eigenvalue weighted by atomic mass is 9.84. The van der Waals surface area contributed by atoms with Crippen molar-refractivity contribution in [3.05, 3.63) is 101 Å². The first-order valence-corrected chi connectivity index (χ1v) is 28.6. The van der Waals surface area contributed by atoms with Crippen LogP contribution >= 0.6 is 11.8 Å². The summed E-state index contributed by atoms with van der Waals surface area (Å²) in [5.41, 5.74) is 3.65. The van der Waals surface area contributed by atoms with Gasteiger partial charge < -0.3 is 23.1 Å². The first-order valence-electron chi connectivity index (χ1n) is 20.7. The number of epoxide rings is 1. The van der Waals surface area contributed by atoms with Crippen molar-refractivity contribution in [1.29, 1.82) is 0 Å². The Morgan fingerprint density at radius 2 is 1.29 bits per heavy atom. The van der Waals surface area contributed by atoms with Gasteiger partial charge in [0.2, 0.25) is 27.9 Å². The number of ether oxygens (including phenoxy) is 3. The van der Waals surface area contributed by atoms with Crippen LogP contribution in [-0.4, -0.2) is 43.3 Å². The van der Waals surface area contributed by atoms with Gasteiger partial charge in [0.25, 0.3) is 0 Å². The molecule has 7 nitrogen and oxygen atoms in total. The van der Waals surface area contributed by atoms with Crippen molar-refractivity contribution in [2.45, 2.75) is 163 Å². The fraction of sp³-hybridized carbons (Fsp3) is 0.458. The quantitative estimate of drug-likeness (QED) is 0.128.